The molecule has 0 saturated carbocycles. The van der Waals surface area contributed by atoms with Crippen LogP contribution < -0.4 is 9.80 Å². The summed E-state index contributed by atoms with van der Waals surface area (Å²) < 4.78 is 0. The Hall–Kier alpha value is -3.21. The zero-order valence-electron chi connectivity index (χ0n) is 16.9. The Balaban J connectivity index is 1.88. The predicted octanol–water partition coefficient (Wildman–Crippen LogP) is 4.40. The molecule has 0 aliphatic heterocycles. The fourth-order valence-electron chi connectivity index (χ4n) is 3.14. The largest absolute Gasteiger partial charge is 0.340 e. The molecule has 2 aromatic carbocycles. The van der Waals surface area contributed by atoms with Crippen molar-refractivity contribution in [3.05, 3.63) is 83.2 Å². The lowest BCUT2D eigenvalue weighted by Crippen LogP contribution is -2.32. The van der Waals surface area contributed by atoms with Gasteiger partial charge in [-0.3, -0.25) is 4.79 Å². The average Bonchev–Trinajstić information content (AvgIpc) is 2.69. The number of anilines is 2. The van der Waals surface area contributed by atoms with Gasteiger partial charge in [-0.15, -0.1) is 0 Å². The van der Waals surface area contributed by atoms with E-state index in [0.717, 1.165) is 22.5 Å². The molecule has 5 heteroatoms. The van der Waals surface area contributed by atoms with Gasteiger partial charge in [0.25, 0.3) is 5.91 Å². The van der Waals surface area contributed by atoms with Crippen molar-refractivity contribution >= 4 is 17.5 Å². The van der Waals surface area contributed by atoms with E-state index in [1.54, 1.807) is 11.0 Å². The van der Waals surface area contributed by atoms with Crippen molar-refractivity contribution in [2.75, 3.05) is 23.4 Å². The second kappa shape index (κ2) is 8.65. The van der Waals surface area contributed by atoms with Crippen LogP contribution in [0.5, 0.6) is 0 Å². The van der Waals surface area contributed by atoms with Gasteiger partial charge >= 0.3 is 0 Å². The quantitative estimate of drug-likeness (QED) is 0.642. The highest BCUT2D eigenvalue weighted by molar-refractivity contribution is 6.05. The van der Waals surface area contributed by atoms with Gasteiger partial charge in [-0.05, 0) is 50.1 Å². The van der Waals surface area contributed by atoms with Crippen LogP contribution in [0.3, 0.4) is 0 Å². The minimum atomic E-state index is -0.118. The summed E-state index contributed by atoms with van der Waals surface area (Å²) >= 11 is 0. The summed E-state index contributed by atoms with van der Waals surface area (Å²) in [5, 5.41) is 0. The van der Waals surface area contributed by atoms with Crippen LogP contribution in [0.1, 0.15) is 34.2 Å². The highest BCUT2D eigenvalue weighted by atomic mass is 16.2. The molecule has 0 aliphatic carbocycles. The number of nitrogens with zero attached hydrogens (tertiary/aromatic N) is 4. The van der Waals surface area contributed by atoms with Crippen LogP contribution in [0.25, 0.3) is 0 Å². The number of carbonyl (C=O) groups is 1. The van der Waals surface area contributed by atoms with Crippen molar-refractivity contribution in [1.29, 1.82) is 0 Å². The van der Waals surface area contributed by atoms with Crippen LogP contribution in [0.2, 0.25) is 0 Å². The maximum atomic E-state index is 13.2. The van der Waals surface area contributed by atoms with Crippen molar-refractivity contribution in [3.8, 4) is 0 Å². The summed E-state index contributed by atoms with van der Waals surface area (Å²) in [6.07, 6.45) is 0. The second-order valence-corrected chi connectivity index (χ2v) is 6.92. The first-order valence-corrected chi connectivity index (χ1v) is 9.47. The minimum absolute atomic E-state index is 0.118. The molecule has 3 aromatic rings. The van der Waals surface area contributed by atoms with Crippen LogP contribution in [0.4, 0.5) is 11.6 Å². The molecule has 0 atom stereocenters. The number of aromatic nitrogens is 2. The van der Waals surface area contributed by atoms with E-state index >= 15 is 0 Å². The van der Waals surface area contributed by atoms with Crippen LogP contribution in [0, 0.1) is 13.8 Å². The molecule has 0 N–H and O–H groups in total. The molecule has 144 valence electrons. The molecule has 0 bridgehead atoms. The van der Waals surface area contributed by atoms with Crippen LogP contribution in [0.15, 0.2) is 60.7 Å². The molecule has 1 heterocycles. The third kappa shape index (κ3) is 4.55. The van der Waals surface area contributed by atoms with E-state index in [4.69, 9.17) is 0 Å². The average molecular weight is 374 g/mol. The van der Waals surface area contributed by atoms with Crippen molar-refractivity contribution in [3.63, 3.8) is 0 Å². The number of hydrogen-bond acceptors (Lipinski definition) is 4. The number of rotatable bonds is 6. The molecule has 0 aliphatic rings. The summed E-state index contributed by atoms with van der Waals surface area (Å²) in [4.78, 5) is 26.0. The number of amides is 1. The highest BCUT2D eigenvalue weighted by Gasteiger charge is 2.20. The van der Waals surface area contributed by atoms with E-state index in [-0.39, 0.29) is 5.91 Å². The summed E-state index contributed by atoms with van der Waals surface area (Å²) in [6, 6.07) is 19.8. The van der Waals surface area contributed by atoms with Crippen LogP contribution in [-0.4, -0.2) is 29.5 Å². The lowest BCUT2D eigenvalue weighted by molar-refractivity contribution is 0.0983. The van der Waals surface area contributed by atoms with Gasteiger partial charge in [-0.1, -0.05) is 42.5 Å². The van der Waals surface area contributed by atoms with Crippen molar-refractivity contribution < 1.29 is 4.79 Å². The molecular weight excluding hydrogens is 348 g/mol. The fraction of sp³-hybridized carbons (Fsp3) is 0.261. The molecular formula is C23H26N4O. The monoisotopic (exact) mass is 374 g/mol. The Kier molecular flexibility index (Phi) is 6.04. The number of aryl methyl sites for hydroxylation is 2. The van der Waals surface area contributed by atoms with Gasteiger partial charge in [0.1, 0.15) is 5.69 Å². The topological polar surface area (TPSA) is 49.3 Å². The lowest BCUT2D eigenvalue weighted by Gasteiger charge is -2.23. The zero-order valence-corrected chi connectivity index (χ0v) is 16.9. The van der Waals surface area contributed by atoms with Crippen LogP contribution >= 0.6 is 0 Å². The maximum Gasteiger partial charge on any atom is 0.277 e. The Morgan fingerprint density at radius 2 is 1.71 bits per heavy atom. The fourth-order valence-corrected chi connectivity index (χ4v) is 3.14. The number of carbonyl (C=O) groups excluding carboxylic acids is 1. The van der Waals surface area contributed by atoms with Crippen molar-refractivity contribution in [2.24, 2.45) is 0 Å². The van der Waals surface area contributed by atoms with E-state index < -0.39 is 0 Å². The van der Waals surface area contributed by atoms with Gasteiger partial charge in [0.15, 0.2) is 0 Å². The minimum Gasteiger partial charge on any atom is -0.340 e. The molecule has 0 unspecified atom stereocenters. The van der Waals surface area contributed by atoms with Gasteiger partial charge < -0.3 is 9.80 Å². The lowest BCUT2D eigenvalue weighted by atomic mass is 10.2. The Morgan fingerprint density at radius 1 is 0.964 bits per heavy atom. The predicted molar refractivity (Wildman–Crippen MR) is 114 cm³/mol. The van der Waals surface area contributed by atoms with Crippen molar-refractivity contribution in [2.45, 2.75) is 27.3 Å². The van der Waals surface area contributed by atoms with E-state index in [1.807, 2.05) is 75.2 Å². The molecule has 0 radical (unpaired) electrons. The SMILES string of the molecule is CCN(C(=O)c1cc(C)nc(N(C)Cc2ccccc2)n1)c1cccc(C)c1. The van der Waals surface area contributed by atoms with Gasteiger partial charge in [0.2, 0.25) is 5.95 Å². The maximum absolute atomic E-state index is 13.2. The molecule has 0 spiro atoms. The standard InChI is InChI=1S/C23H26N4O/c1-5-27(20-13-9-10-17(2)14-20)22(28)21-15-18(3)24-23(25-21)26(4)16-19-11-7-6-8-12-19/h6-15H,5,16H2,1-4H3. The molecule has 5 nitrogen and oxygen atoms in total. The summed E-state index contributed by atoms with van der Waals surface area (Å²) in [5.41, 5.74) is 4.34. The second-order valence-electron chi connectivity index (χ2n) is 6.92. The molecule has 1 amide bonds. The third-order valence-electron chi connectivity index (χ3n) is 4.54. The first-order chi connectivity index (χ1) is 13.5. The molecule has 3 rings (SSSR count). The molecule has 28 heavy (non-hydrogen) atoms. The zero-order chi connectivity index (χ0) is 20.1. The van der Waals surface area contributed by atoms with E-state index in [2.05, 4.69) is 22.1 Å². The van der Waals surface area contributed by atoms with Gasteiger partial charge in [-0.25, -0.2) is 9.97 Å². The first-order valence-electron chi connectivity index (χ1n) is 9.47. The van der Waals surface area contributed by atoms with Crippen molar-refractivity contribution in [1.82, 2.24) is 9.97 Å². The Bertz CT molecular complexity index is 956. The van der Waals surface area contributed by atoms with Crippen LogP contribution in [-0.2, 0) is 6.54 Å². The third-order valence-corrected chi connectivity index (χ3v) is 4.54. The van der Waals surface area contributed by atoms with Gasteiger partial charge in [0, 0.05) is 31.5 Å². The highest BCUT2D eigenvalue weighted by Crippen LogP contribution is 2.20. The number of hydrogen-bond donors (Lipinski definition) is 0. The van der Waals surface area contributed by atoms with E-state index in [9.17, 15) is 4.79 Å². The van der Waals surface area contributed by atoms with Gasteiger partial charge in [0.05, 0.1) is 0 Å². The first kappa shape index (κ1) is 19.5. The van der Waals surface area contributed by atoms with E-state index in [0.29, 0.717) is 24.7 Å². The Labute approximate surface area is 166 Å². The summed E-state index contributed by atoms with van der Waals surface area (Å²) in [5.74, 6) is 0.431. The number of benzene rings is 2. The molecule has 1 aromatic heterocycles. The normalized spacial score (nSPS) is 10.6. The summed E-state index contributed by atoms with van der Waals surface area (Å²) in [7, 11) is 1.94. The molecule has 0 saturated heterocycles. The molecule has 0 fully saturated rings. The van der Waals surface area contributed by atoms with E-state index in [1.165, 1.54) is 0 Å². The van der Waals surface area contributed by atoms with Gasteiger partial charge in [-0.2, -0.15) is 0 Å². The summed E-state index contributed by atoms with van der Waals surface area (Å²) in [6.45, 7) is 7.12. The Morgan fingerprint density at radius 3 is 2.39 bits per heavy atom. The smallest absolute Gasteiger partial charge is 0.277 e.